The smallest absolute Gasteiger partial charge is 0.00680 e. The second-order valence-corrected chi connectivity index (χ2v) is 6.01. The minimum Gasteiger partial charge on any atom is -0.314 e. The molecular formula is C15H30N2. The Hall–Kier alpha value is -0.0800. The van der Waals surface area contributed by atoms with E-state index in [4.69, 9.17) is 0 Å². The molecule has 2 heterocycles. The summed E-state index contributed by atoms with van der Waals surface area (Å²) in [6.07, 6.45) is 11.3. The molecule has 0 spiro atoms. The van der Waals surface area contributed by atoms with Gasteiger partial charge in [-0.05, 0) is 70.6 Å². The van der Waals surface area contributed by atoms with E-state index in [9.17, 15) is 0 Å². The molecule has 2 aliphatic heterocycles. The fourth-order valence-electron chi connectivity index (χ4n) is 3.47. The lowest BCUT2D eigenvalue weighted by Gasteiger charge is -2.32. The zero-order chi connectivity index (χ0) is 11.9. The van der Waals surface area contributed by atoms with Gasteiger partial charge in [-0.2, -0.15) is 0 Å². The quantitative estimate of drug-likeness (QED) is 0.765. The van der Waals surface area contributed by atoms with Crippen molar-refractivity contribution >= 4 is 0 Å². The first-order valence-corrected chi connectivity index (χ1v) is 7.84. The highest BCUT2D eigenvalue weighted by molar-refractivity contribution is 4.76. The standard InChI is InChI=1S/C15H30N2/c1-2-5-14-8-12-17(13-9-14)11-4-7-15-6-3-10-16-15/h14-16H,2-13H2,1H3. The van der Waals surface area contributed by atoms with Crippen molar-refractivity contribution in [2.75, 3.05) is 26.2 Å². The van der Waals surface area contributed by atoms with Gasteiger partial charge in [0.25, 0.3) is 0 Å². The molecule has 0 aromatic rings. The van der Waals surface area contributed by atoms with Gasteiger partial charge in [-0.1, -0.05) is 19.8 Å². The summed E-state index contributed by atoms with van der Waals surface area (Å²) in [6, 6.07) is 0.840. The summed E-state index contributed by atoms with van der Waals surface area (Å²) in [4.78, 5) is 2.70. The molecule has 2 heteroatoms. The lowest BCUT2D eigenvalue weighted by molar-refractivity contribution is 0.174. The number of nitrogens with one attached hydrogen (secondary N) is 1. The predicted molar refractivity (Wildman–Crippen MR) is 74.3 cm³/mol. The second kappa shape index (κ2) is 7.38. The molecule has 2 rings (SSSR count). The van der Waals surface area contributed by atoms with Crippen LogP contribution in [0.3, 0.4) is 0 Å². The van der Waals surface area contributed by atoms with Gasteiger partial charge in [0, 0.05) is 6.04 Å². The fourth-order valence-corrected chi connectivity index (χ4v) is 3.47. The lowest BCUT2D eigenvalue weighted by atomic mass is 9.92. The third-order valence-corrected chi connectivity index (χ3v) is 4.59. The van der Waals surface area contributed by atoms with Crippen molar-refractivity contribution < 1.29 is 0 Å². The van der Waals surface area contributed by atoms with E-state index in [1.54, 1.807) is 0 Å². The van der Waals surface area contributed by atoms with Crippen molar-refractivity contribution in [3.8, 4) is 0 Å². The molecule has 0 aromatic carbocycles. The van der Waals surface area contributed by atoms with Crippen molar-refractivity contribution in [1.82, 2.24) is 10.2 Å². The molecule has 1 N–H and O–H groups in total. The van der Waals surface area contributed by atoms with Crippen LogP contribution in [0.5, 0.6) is 0 Å². The van der Waals surface area contributed by atoms with E-state index in [1.807, 2.05) is 0 Å². The van der Waals surface area contributed by atoms with Gasteiger partial charge in [0.05, 0.1) is 0 Å². The van der Waals surface area contributed by atoms with Crippen LogP contribution in [-0.4, -0.2) is 37.1 Å². The highest BCUT2D eigenvalue weighted by atomic mass is 15.1. The van der Waals surface area contributed by atoms with Gasteiger partial charge in [-0.3, -0.25) is 0 Å². The normalized spacial score (nSPS) is 27.7. The van der Waals surface area contributed by atoms with Gasteiger partial charge >= 0.3 is 0 Å². The van der Waals surface area contributed by atoms with E-state index in [0.29, 0.717) is 0 Å². The SMILES string of the molecule is CCCC1CCN(CCCC2CCCN2)CC1. The maximum Gasteiger partial charge on any atom is 0.00680 e. The largest absolute Gasteiger partial charge is 0.314 e. The van der Waals surface area contributed by atoms with Gasteiger partial charge in [-0.25, -0.2) is 0 Å². The van der Waals surface area contributed by atoms with Crippen molar-refractivity contribution in [3.05, 3.63) is 0 Å². The molecule has 17 heavy (non-hydrogen) atoms. The molecule has 1 unspecified atom stereocenters. The number of rotatable bonds is 6. The van der Waals surface area contributed by atoms with Crippen LogP contribution in [0.1, 0.15) is 58.3 Å². The summed E-state index contributed by atoms with van der Waals surface area (Å²) >= 11 is 0. The van der Waals surface area contributed by atoms with Crippen LogP contribution in [-0.2, 0) is 0 Å². The van der Waals surface area contributed by atoms with Crippen molar-refractivity contribution in [2.24, 2.45) is 5.92 Å². The molecule has 0 aromatic heterocycles. The number of piperidine rings is 1. The Kier molecular flexibility index (Phi) is 5.79. The van der Waals surface area contributed by atoms with Crippen LogP contribution < -0.4 is 5.32 Å². The predicted octanol–water partition coefficient (Wildman–Crippen LogP) is 3.03. The summed E-state index contributed by atoms with van der Waals surface area (Å²) < 4.78 is 0. The lowest BCUT2D eigenvalue weighted by Crippen LogP contribution is -2.35. The molecule has 2 aliphatic rings. The van der Waals surface area contributed by atoms with Crippen LogP contribution in [0.4, 0.5) is 0 Å². The highest BCUT2D eigenvalue weighted by Crippen LogP contribution is 2.22. The van der Waals surface area contributed by atoms with E-state index in [0.717, 1.165) is 12.0 Å². The van der Waals surface area contributed by atoms with Crippen molar-refractivity contribution in [3.63, 3.8) is 0 Å². The van der Waals surface area contributed by atoms with Crippen LogP contribution in [0.2, 0.25) is 0 Å². The molecule has 0 radical (unpaired) electrons. The monoisotopic (exact) mass is 238 g/mol. The topological polar surface area (TPSA) is 15.3 Å². The van der Waals surface area contributed by atoms with Crippen LogP contribution >= 0.6 is 0 Å². The Labute approximate surface area is 107 Å². The third-order valence-electron chi connectivity index (χ3n) is 4.59. The minimum absolute atomic E-state index is 0.840. The number of nitrogens with zero attached hydrogens (tertiary/aromatic N) is 1. The Morgan fingerprint density at radius 2 is 1.94 bits per heavy atom. The first-order chi connectivity index (χ1) is 8.38. The van der Waals surface area contributed by atoms with E-state index in [1.165, 1.54) is 77.5 Å². The number of likely N-dealkylation sites (tertiary alicyclic amines) is 1. The van der Waals surface area contributed by atoms with E-state index in [2.05, 4.69) is 17.1 Å². The minimum atomic E-state index is 0.840. The summed E-state index contributed by atoms with van der Waals surface area (Å²) in [5, 5.41) is 3.60. The van der Waals surface area contributed by atoms with Crippen LogP contribution in [0.25, 0.3) is 0 Å². The zero-order valence-electron chi connectivity index (χ0n) is 11.6. The van der Waals surface area contributed by atoms with Crippen molar-refractivity contribution in [1.29, 1.82) is 0 Å². The molecule has 0 amide bonds. The van der Waals surface area contributed by atoms with Gasteiger partial charge in [0.2, 0.25) is 0 Å². The molecule has 0 bridgehead atoms. The van der Waals surface area contributed by atoms with E-state index >= 15 is 0 Å². The molecular weight excluding hydrogens is 208 g/mol. The van der Waals surface area contributed by atoms with Crippen LogP contribution in [0, 0.1) is 5.92 Å². The fraction of sp³-hybridized carbons (Fsp3) is 1.00. The Balaban J connectivity index is 1.52. The summed E-state index contributed by atoms with van der Waals surface area (Å²) in [6.45, 7) is 7.65. The van der Waals surface area contributed by atoms with E-state index < -0.39 is 0 Å². The first kappa shape index (κ1) is 13.4. The molecule has 2 nitrogen and oxygen atoms in total. The molecule has 0 saturated carbocycles. The average molecular weight is 238 g/mol. The number of hydrogen-bond acceptors (Lipinski definition) is 2. The summed E-state index contributed by atoms with van der Waals surface area (Å²) in [5.41, 5.74) is 0. The highest BCUT2D eigenvalue weighted by Gasteiger charge is 2.19. The second-order valence-electron chi connectivity index (χ2n) is 6.01. The van der Waals surface area contributed by atoms with E-state index in [-0.39, 0.29) is 0 Å². The van der Waals surface area contributed by atoms with Crippen molar-refractivity contribution in [2.45, 2.75) is 64.3 Å². The molecule has 2 fully saturated rings. The Morgan fingerprint density at radius 3 is 2.59 bits per heavy atom. The summed E-state index contributed by atoms with van der Waals surface area (Å²) in [7, 11) is 0. The van der Waals surface area contributed by atoms with Gasteiger partial charge < -0.3 is 10.2 Å². The maximum atomic E-state index is 3.60. The first-order valence-electron chi connectivity index (χ1n) is 7.84. The Morgan fingerprint density at radius 1 is 1.12 bits per heavy atom. The van der Waals surface area contributed by atoms with Gasteiger partial charge in [0.1, 0.15) is 0 Å². The van der Waals surface area contributed by atoms with Gasteiger partial charge in [0.15, 0.2) is 0 Å². The zero-order valence-corrected chi connectivity index (χ0v) is 11.6. The molecule has 100 valence electrons. The molecule has 2 saturated heterocycles. The summed E-state index contributed by atoms with van der Waals surface area (Å²) in [5.74, 6) is 1.03. The number of hydrogen-bond donors (Lipinski definition) is 1. The molecule has 1 atom stereocenters. The maximum absolute atomic E-state index is 3.60. The molecule has 0 aliphatic carbocycles. The van der Waals surface area contributed by atoms with Gasteiger partial charge in [-0.15, -0.1) is 0 Å². The third kappa shape index (κ3) is 4.59. The Bertz CT molecular complexity index is 191. The average Bonchev–Trinajstić information content (AvgIpc) is 2.85. The van der Waals surface area contributed by atoms with Crippen LogP contribution in [0.15, 0.2) is 0 Å².